The van der Waals surface area contributed by atoms with Crippen molar-refractivity contribution in [1.29, 1.82) is 0 Å². The second-order valence-corrected chi connectivity index (χ2v) is 3.87. The van der Waals surface area contributed by atoms with Crippen LogP contribution in [0.25, 0.3) is 0 Å². The number of nitrogens with one attached hydrogen (secondary N) is 1. The van der Waals surface area contributed by atoms with Gasteiger partial charge in [0.1, 0.15) is 5.75 Å². The van der Waals surface area contributed by atoms with Crippen LogP contribution in [-0.2, 0) is 6.54 Å². The van der Waals surface area contributed by atoms with Crippen molar-refractivity contribution in [3.05, 3.63) is 29.8 Å². The zero-order valence-corrected chi connectivity index (χ0v) is 9.96. The van der Waals surface area contributed by atoms with Gasteiger partial charge >= 0.3 is 6.18 Å². The van der Waals surface area contributed by atoms with Gasteiger partial charge in [0.05, 0.1) is 0 Å². The van der Waals surface area contributed by atoms with Crippen LogP contribution in [0.15, 0.2) is 24.3 Å². The molecule has 0 saturated carbocycles. The Morgan fingerprint density at radius 1 is 1.17 bits per heavy atom. The van der Waals surface area contributed by atoms with E-state index in [1.165, 1.54) is 12.1 Å². The summed E-state index contributed by atoms with van der Waals surface area (Å²) >= 11 is 0. The molecule has 0 unspecified atom stereocenters. The van der Waals surface area contributed by atoms with Crippen molar-refractivity contribution >= 4 is 0 Å². The van der Waals surface area contributed by atoms with Crippen LogP contribution in [-0.4, -0.2) is 25.9 Å². The summed E-state index contributed by atoms with van der Waals surface area (Å²) < 4.78 is 40.3. The molecule has 0 bridgehead atoms. The average molecular weight is 262 g/mol. The minimum atomic E-state index is -4.30. The number of hydrogen-bond donors (Lipinski definition) is 2. The maximum Gasteiger partial charge on any atom is 0.422 e. The van der Waals surface area contributed by atoms with Gasteiger partial charge in [-0.3, -0.25) is 0 Å². The standard InChI is InChI=1S/C12H17F3N2O/c13-12(14,15)9-18-11-4-2-10(3-5-11)8-17-7-1-6-16/h2-5,17H,1,6-9,16H2. The van der Waals surface area contributed by atoms with Crippen molar-refractivity contribution in [3.63, 3.8) is 0 Å². The molecule has 6 heteroatoms. The van der Waals surface area contributed by atoms with E-state index in [2.05, 4.69) is 10.1 Å². The summed E-state index contributed by atoms with van der Waals surface area (Å²) in [5.41, 5.74) is 6.34. The fourth-order valence-electron chi connectivity index (χ4n) is 1.33. The van der Waals surface area contributed by atoms with Crippen LogP contribution in [0.1, 0.15) is 12.0 Å². The van der Waals surface area contributed by atoms with Crippen LogP contribution in [0.5, 0.6) is 5.75 Å². The van der Waals surface area contributed by atoms with Gasteiger partial charge in [0.2, 0.25) is 0 Å². The van der Waals surface area contributed by atoms with Gasteiger partial charge in [-0.15, -0.1) is 0 Å². The maximum atomic E-state index is 11.9. The molecule has 0 amide bonds. The van der Waals surface area contributed by atoms with Gasteiger partial charge in [-0.05, 0) is 37.2 Å². The Kier molecular flexibility index (Phi) is 5.94. The van der Waals surface area contributed by atoms with E-state index in [0.717, 1.165) is 18.5 Å². The summed E-state index contributed by atoms with van der Waals surface area (Å²) in [6.45, 7) is 0.862. The third kappa shape index (κ3) is 6.46. The topological polar surface area (TPSA) is 47.3 Å². The van der Waals surface area contributed by atoms with E-state index in [1.54, 1.807) is 12.1 Å². The Morgan fingerprint density at radius 3 is 2.39 bits per heavy atom. The molecule has 102 valence electrons. The zero-order chi connectivity index (χ0) is 13.4. The highest BCUT2D eigenvalue weighted by molar-refractivity contribution is 5.27. The average Bonchev–Trinajstić information content (AvgIpc) is 2.33. The summed E-state index contributed by atoms with van der Waals surface area (Å²) in [6, 6.07) is 6.54. The molecular formula is C12H17F3N2O. The normalized spacial score (nSPS) is 11.6. The van der Waals surface area contributed by atoms with Gasteiger partial charge in [0.15, 0.2) is 6.61 Å². The predicted molar refractivity (Wildman–Crippen MR) is 63.4 cm³/mol. The number of ether oxygens (including phenoxy) is 1. The zero-order valence-electron chi connectivity index (χ0n) is 9.96. The molecule has 0 heterocycles. The fraction of sp³-hybridized carbons (Fsp3) is 0.500. The summed E-state index contributed by atoms with van der Waals surface area (Å²) in [4.78, 5) is 0. The van der Waals surface area contributed by atoms with Crippen LogP contribution in [0.2, 0.25) is 0 Å². The first-order valence-corrected chi connectivity index (χ1v) is 5.70. The number of nitrogens with two attached hydrogens (primary N) is 1. The predicted octanol–water partition coefficient (Wildman–Crippen LogP) is 2.07. The lowest BCUT2D eigenvalue weighted by Crippen LogP contribution is -2.19. The second-order valence-electron chi connectivity index (χ2n) is 3.87. The Bertz CT molecular complexity index is 338. The SMILES string of the molecule is NCCCNCc1ccc(OCC(F)(F)F)cc1. The fourth-order valence-corrected chi connectivity index (χ4v) is 1.33. The molecule has 0 aromatic heterocycles. The Labute approximate surface area is 104 Å². The number of alkyl halides is 3. The first-order chi connectivity index (χ1) is 8.51. The van der Waals surface area contributed by atoms with Gasteiger partial charge in [0.25, 0.3) is 0 Å². The molecule has 0 saturated heterocycles. The van der Waals surface area contributed by atoms with Crippen molar-refractivity contribution in [3.8, 4) is 5.75 Å². The van der Waals surface area contributed by atoms with Crippen LogP contribution in [0, 0.1) is 0 Å². The molecule has 1 aromatic rings. The molecule has 1 aromatic carbocycles. The minimum Gasteiger partial charge on any atom is -0.484 e. The van der Waals surface area contributed by atoms with Gasteiger partial charge in [-0.1, -0.05) is 12.1 Å². The van der Waals surface area contributed by atoms with E-state index < -0.39 is 12.8 Å². The van der Waals surface area contributed by atoms with Crippen molar-refractivity contribution < 1.29 is 17.9 Å². The first kappa shape index (κ1) is 14.8. The molecule has 18 heavy (non-hydrogen) atoms. The van der Waals surface area contributed by atoms with E-state index in [4.69, 9.17) is 5.73 Å². The van der Waals surface area contributed by atoms with E-state index in [1.807, 2.05) is 0 Å². The largest absolute Gasteiger partial charge is 0.484 e. The van der Waals surface area contributed by atoms with Crippen molar-refractivity contribution in [1.82, 2.24) is 5.32 Å². The monoisotopic (exact) mass is 262 g/mol. The van der Waals surface area contributed by atoms with Crippen LogP contribution in [0.4, 0.5) is 13.2 Å². The lowest BCUT2D eigenvalue weighted by Gasteiger charge is -2.09. The van der Waals surface area contributed by atoms with Crippen LogP contribution < -0.4 is 15.8 Å². The number of benzene rings is 1. The molecule has 3 nitrogen and oxygen atoms in total. The summed E-state index contributed by atoms with van der Waals surface area (Å²) in [7, 11) is 0. The van der Waals surface area contributed by atoms with Crippen molar-refractivity contribution in [2.45, 2.75) is 19.1 Å². The smallest absolute Gasteiger partial charge is 0.422 e. The van der Waals surface area contributed by atoms with E-state index in [-0.39, 0.29) is 5.75 Å². The Hall–Kier alpha value is -1.27. The summed E-state index contributed by atoms with van der Waals surface area (Å²) in [6.07, 6.45) is -3.41. The Balaban J connectivity index is 2.33. The minimum absolute atomic E-state index is 0.220. The molecule has 0 aliphatic carbocycles. The highest BCUT2D eigenvalue weighted by Crippen LogP contribution is 2.18. The van der Waals surface area contributed by atoms with Crippen LogP contribution in [0.3, 0.4) is 0 Å². The molecule has 1 rings (SSSR count). The highest BCUT2D eigenvalue weighted by Gasteiger charge is 2.28. The molecule has 0 aliphatic heterocycles. The number of hydrogen-bond acceptors (Lipinski definition) is 3. The molecular weight excluding hydrogens is 245 g/mol. The van der Waals surface area contributed by atoms with Gasteiger partial charge in [-0.25, -0.2) is 0 Å². The molecule has 0 aliphatic rings. The van der Waals surface area contributed by atoms with Gasteiger partial charge in [0, 0.05) is 6.54 Å². The molecule has 0 radical (unpaired) electrons. The van der Waals surface area contributed by atoms with Crippen LogP contribution >= 0.6 is 0 Å². The lowest BCUT2D eigenvalue weighted by molar-refractivity contribution is -0.153. The summed E-state index contributed by atoms with van der Waals surface area (Å²) in [5.74, 6) is 0.220. The van der Waals surface area contributed by atoms with E-state index in [9.17, 15) is 13.2 Å². The van der Waals surface area contributed by atoms with Crippen molar-refractivity contribution in [2.24, 2.45) is 5.73 Å². The lowest BCUT2D eigenvalue weighted by atomic mass is 10.2. The van der Waals surface area contributed by atoms with E-state index in [0.29, 0.717) is 13.1 Å². The molecule has 3 N–H and O–H groups in total. The Morgan fingerprint density at radius 2 is 1.83 bits per heavy atom. The third-order valence-corrected chi connectivity index (χ3v) is 2.21. The molecule has 0 spiro atoms. The van der Waals surface area contributed by atoms with Gasteiger partial charge in [-0.2, -0.15) is 13.2 Å². The summed E-state index contributed by atoms with van der Waals surface area (Å²) in [5, 5.41) is 3.18. The first-order valence-electron chi connectivity index (χ1n) is 5.70. The van der Waals surface area contributed by atoms with E-state index >= 15 is 0 Å². The number of rotatable bonds is 7. The van der Waals surface area contributed by atoms with Crippen molar-refractivity contribution in [2.75, 3.05) is 19.7 Å². The molecule has 0 atom stereocenters. The quantitative estimate of drug-likeness (QED) is 0.739. The van der Waals surface area contributed by atoms with Gasteiger partial charge < -0.3 is 15.8 Å². The number of halogens is 3. The second kappa shape index (κ2) is 7.23. The highest BCUT2D eigenvalue weighted by atomic mass is 19.4. The maximum absolute atomic E-state index is 11.9. The molecule has 0 fully saturated rings. The third-order valence-electron chi connectivity index (χ3n) is 2.21.